The van der Waals surface area contributed by atoms with E-state index in [2.05, 4.69) is 15.5 Å². The molecule has 206 valence electrons. The summed E-state index contributed by atoms with van der Waals surface area (Å²) in [6.07, 6.45) is 0.793. The maximum Gasteiger partial charge on any atom is 0.314 e. The normalized spacial score (nSPS) is 23.5. The Morgan fingerprint density at radius 3 is 2.74 bits per heavy atom. The van der Waals surface area contributed by atoms with Gasteiger partial charge in [-0.25, -0.2) is 4.98 Å². The van der Waals surface area contributed by atoms with Gasteiger partial charge < -0.3 is 30.1 Å². The number of thiazole rings is 1. The Balaban J connectivity index is 1.50. The number of ether oxygens (including phenoxy) is 3. The van der Waals surface area contributed by atoms with Gasteiger partial charge in [0.15, 0.2) is 10.8 Å². The number of carbonyl (C=O) groups is 3. The smallest absolute Gasteiger partial charge is 0.314 e. The van der Waals surface area contributed by atoms with Gasteiger partial charge in [0.05, 0.1) is 17.7 Å². The number of nitrogens with one attached hydrogen (secondary N) is 1. The second kappa shape index (κ2) is 11.6. The van der Waals surface area contributed by atoms with Crippen LogP contribution >= 0.6 is 35.3 Å². The Morgan fingerprint density at radius 1 is 1.37 bits per heavy atom. The summed E-state index contributed by atoms with van der Waals surface area (Å²) in [4.78, 5) is 49.0. The summed E-state index contributed by atoms with van der Waals surface area (Å²) in [6.45, 7) is 5.95. The van der Waals surface area contributed by atoms with Gasteiger partial charge in [0.2, 0.25) is 11.8 Å². The minimum atomic E-state index is -0.830. The van der Waals surface area contributed by atoms with Crippen molar-refractivity contribution in [2.24, 2.45) is 16.5 Å². The Bertz CT molecular complexity index is 1190. The van der Waals surface area contributed by atoms with E-state index in [1.165, 1.54) is 23.8 Å². The first kappa shape index (κ1) is 28.3. The Kier molecular flexibility index (Phi) is 8.59. The monoisotopic (exact) mass is 583 g/mol. The summed E-state index contributed by atoms with van der Waals surface area (Å²) < 4.78 is 16.4. The van der Waals surface area contributed by atoms with E-state index in [0.29, 0.717) is 24.7 Å². The highest BCUT2D eigenvalue weighted by Crippen LogP contribution is 2.44. The van der Waals surface area contributed by atoms with Gasteiger partial charge in [-0.15, -0.1) is 23.1 Å². The van der Waals surface area contributed by atoms with Gasteiger partial charge in [0.25, 0.3) is 11.8 Å². The standard InChI is InChI=1S/C23H29N5O7S3/c1-23(2,3)21(31)35-10-34-20(36)16-12(11-5-6-33-7-11)8-37-19-15(18(30)28(16)19)26-17(29)14(27-32-4)13-9-38-22(24)25-13/h9,11,15,19H,5-8,10H2,1-4H3,(H2,24,25)(H,26,29)/b27-14+/t11?,15?,19-/m1/s1. The number of nitrogens with two attached hydrogens (primary N) is 1. The molecular formula is C23H29N5O7S3. The van der Waals surface area contributed by atoms with Crippen molar-refractivity contribution in [2.45, 2.75) is 38.6 Å². The number of esters is 1. The molecule has 3 aliphatic heterocycles. The number of nitrogen functional groups attached to an aromatic ring is 1. The van der Waals surface area contributed by atoms with Gasteiger partial charge in [0.1, 0.15) is 24.2 Å². The number of amides is 2. The van der Waals surface area contributed by atoms with Gasteiger partial charge in [-0.2, -0.15) is 0 Å². The molecule has 0 saturated carbocycles. The highest BCUT2D eigenvalue weighted by Gasteiger charge is 2.54. The van der Waals surface area contributed by atoms with Gasteiger partial charge in [-0.3, -0.25) is 19.3 Å². The molecule has 0 aliphatic carbocycles. The van der Waals surface area contributed by atoms with Crippen molar-refractivity contribution in [3.63, 3.8) is 0 Å². The minimum absolute atomic E-state index is 0.0524. The molecule has 1 aromatic rings. The molecule has 0 bridgehead atoms. The number of β-lactam (4-membered cyclic amide) rings is 1. The van der Waals surface area contributed by atoms with Crippen LogP contribution in [0.4, 0.5) is 5.13 Å². The number of thioether (sulfide) groups is 1. The maximum absolute atomic E-state index is 13.4. The molecule has 2 unspecified atom stereocenters. The zero-order valence-electron chi connectivity index (χ0n) is 21.3. The van der Waals surface area contributed by atoms with Crippen molar-refractivity contribution in [1.82, 2.24) is 15.2 Å². The molecule has 1 aromatic heterocycles. The number of oxime groups is 1. The fourth-order valence-corrected chi connectivity index (χ4v) is 6.36. The Hall–Kier alpha value is -2.75. The third-order valence-corrected chi connectivity index (χ3v) is 8.34. The molecule has 3 atom stereocenters. The topological polar surface area (TPSA) is 155 Å². The van der Waals surface area contributed by atoms with E-state index in [1.807, 2.05) is 0 Å². The molecule has 4 heterocycles. The van der Waals surface area contributed by atoms with Crippen LogP contribution in [0.15, 0.2) is 21.8 Å². The maximum atomic E-state index is 13.4. The summed E-state index contributed by atoms with van der Waals surface area (Å²) in [7, 11) is 1.31. The summed E-state index contributed by atoms with van der Waals surface area (Å²) in [5.41, 5.74) is 6.56. The van der Waals surface area contributed by atoms with E-state index in [4.69, 9.17) is 37.0 Å². The first-order chi connectivity index (χ1) is 18.0. The van der Waals surface area contributed by atoms with Gasteiger partial charge in [-0.1, -0.05) is 5.16 Å². The van der Waals surface area contributed by atoms with Crippen LogP contribution in [0.3, 0.4) is 0 Å². The van der Waals surface area contributed by atoms with E-state index < -0.39 is 28.7 Å². The number of hydrogen-bond acceptors (Lipinski definition) is 13. The fraction of sp³-hybridized carbons (Fsp3) is 0.565. The van der Waals surface area contributed by atoms with Gasteiger partial charge in [-0.05, 0) is 45.0 Å². The largest absolute Gasteiger partial charge is 0.445 e. The number of nitrogens with zero attached hydrogens (tertiary/aromatic N) is 3. The number of hydrogen-bond donors (Lipinski definition) is 2. The van der Waals surface area contributed by atoms with E-state index in [0.717, 1.165) is 23.3 Å². The Labute approximate surface area is 233 Å². The Morgan fingerprint density at radius 2 is 2.13 bits per heavy atom. The van der Waals surface area contributed by atoms with E-state index in [-0.39, 0.29) is 40.2 Å². The molecule has 2 saturated heterocycles. The molecule has 2 amide bonds. The lowest BCUT2D eigenvalue weighted by atomic mass is 9.94. The quantitative estimate of drug-likeness (QED) is 0.115. The molecule has 15 heteroatoms. The third kappa shape index (κ3) is 5.80. The molecular weight excluding hydrogens is 554 g/mol. The fourth-order valence-electron chi connectivity index (χ4n) is 4.08. The summed E-state index contributed by atoms with van der Waals surface area (Å²) >= 11 is 8.23. The van der Waals surface area contributed by atoms with Crippen molar-refractivity contribution in [1.29, 1.82) is 0 Å². The van der Waals surface area contributed by atoms with Crippen LogP contribution in [0, 0.1) is 11.3 Å². The average Bonchev–Trinajstić information content (AvgIpc) is 3.56. The van der Waals surface area contributed by atoms with Gasteiger partial charge in [0, 0.05) is 23.7 Å². The average molecular weight is 584 g/mol. The molecule has 0 spiro atoms. The van der Waals surface area contributed by atoms with E-state index >= 15 is 0 Å². The van der Waals surface area contributed by atoms with Crippen LogP contribution in [0.2, 0.25) is 0 Å². The predicted molar refractivity (Wildman–Crippen MR) is 145 cm³/mol. The highest BCUT2D eigenvalue weighted by atomic mass is 32.2. The van der Waals surface area contributed by atoms with Crippen LogP contribution in [0.25, 0.3) is 0 Å². The molecule has 38 heavy (non-hydrogen) atoms. The zero-order valence-corrected chi connectivity index (χ0v) is 23.8. The lowest BCUT2D eigenvalue weighted by Crippen LogP contribution is -2.71. The molecule has 0 aromatic carbocycles. The van der Waals surface area contributed by atoms with Crippen LogP contribution in [-0.2, 0) is 33.4 Å². The summed E-state index contributed by atoms with van der Waals surface area (Å²) in [5, 5.41) is 7.99. The number of rotatable bonds is 8. The number of aromatic nitrogens is 1. The molecule has 4 rings (SSSR count). The lowest BCUT2D eigenvalue weighted by molar-refractivity contribution is -0.160. The highest BCUT2D eigenvalue weighted by molar-refractivity contribution is 8.00. The van der Waals surface area contributed by atoms with Crippen LogP contribution < -0.4 is 11.1 Å². The molecule has 12 nitrogen and oxygen atoms in total. The second-order valence-corrected chi connectivity index (χ2v) is 12.1. The number of carbonyl (C=O) groups excluding carboxylic acids is 3. The first-order valence-electron chi connectivity index (χ1n) is 11.8. The van der Waals surface area contributed by atoms with Crippen LogP contribution in [0.1, 0.15) is 32.9 Å². The summed E-state index contributed by atoms with van der Waals surface area (Å²) in [6, 6.07) is -0.830. The number of fused-ring (bicyclic) bond motifs is 1. The minimum Gasteiger partial charge on any atom is -0.445 e. The van der Waals surface area contributed by atoms with E-state index in [9.17, 15) is 14.4 Å². The SMILES string of the molecule is CO/N=C(/C(=O)NC1C(=O)N2C(C(=S)OCOC(=O)C(C)(C)C)=C(C3CCOC3)CS[C@H]12)c1csc(N)n1. The van der Waals surface area contributed by atoms with Gasteiger partial charge >= 0.3 is 5.97 Å². The van der Waals surface area contributed by atoms with Crippen molar-refractivity contribution in [2.75, 3.05) is 38.6 Å². The van der Waals surface area contributed by atoms with E-state index in [1.54, 1.807) is 26.2 Å². The molecule has 2 fully saturated rings. The molecule has 0 radical (unpaired) electrons. The third-order valence-electron chi connectivity index (χ3n) is 6.05. The predicted octanol–water partition coefficient (Wildman–Crippen LogP) is 1.66. The van der Waals surface area contributed by atoms with Crippen molar-refractivity contribution in [3.8, 4) is 0 Å². The first-order valence-corrected chi connectivity index (χ1v) is 14.1. The number of thiocarbonyl (C=S) groups is 1. The zero-order chi connectivity index (χ0) is 27.6. The van der Waals surface area contributed by atoms with Crippen molar-refractivity contribution in [3.05, 3.63) is 22.3 Å². The van der Waals surface area contributed by atoms with Crippen molar-refractivity contribution >= 4 is 69.0 Å². The van der Waals surface area contributed by atoms with Crippen LogP contribution in [0.5, 0.6) is 0 Å². The number of anilines is 1. The lowest BCUT2D eigenvalue weighted by Gasteiger charge is -2.50. The molecule has 3 aliphatic rings. The summed E-state index contributed by atoms with van der Waals surface area (Å²) in [5.74, 6) is -0.765. The molecule has 3 N–H and O–H groups in total. The van der Waals surface area contributed by atoms with Crippen LogP contribution in [-0.4, -0.2) is 82.7 Å². The van der Waals surface area contributed by atoms with Crippen molar-refractivity contribution < 1.29 is 33.4 Å². The second-order valence-electron chi connectivity index (χ2n) is 9.72.